The van der Waals surface area contributed by atoms with Crippen LogP contribution in [0.3, 0.4) is 0 Å². The molecule has 0 aliphatic heterocycles. The van der Waals surface area contributed by atoms with E-state index in [9.17, 15) is 4.79 Å². The van der Waals surface area contributed by atoms with Gasteiger partial charge in [-0.25, -0.2) is 4.98 Å². The summed E-state index contributed by atoms with van der Waals surface area (Å²) < 4.78 is 6.32. The highest BCUT2D eigenvalue weighted by Crippen LogP contribution is 2.30. The van der Waals surface area contributed by atoms with Gasteiger partial charge in [0.15, 0.2) is 0 Å². The number of pyridine rings is 2. The molecule has 6 heteroatoms. The normalized spacial score (nSPS) is 12.4. The number of rotatable bonds is 8. The summed E-state index contributed by atoms with van der Waals surface area (Å²) in [5.41, 5.74) is 7.65. The van der Waals surface area contributed by atoms with Gasteiger partial charge in [0.1, 0.15) is 17.9 Å². The largest absolute Gasteiger partial charge is 0.487 e. The lowest BCUT2D eigenvalue weighted by atomic mass is 9.98. The third kappa shape index (κ3) is 5.50. The van der Waals surface area contributed by atoms with E-state index in [-0.39, 0.29) is 11.8 Å². The van der Waals surface area contributed by atoms with Crippen molar-refractivity contribution >= 4 is 22.5 Å². The fourth-order valence-corrected chi connectivity index (χ4v) is 3.83. The Balaban J connectivity index is 1.97. The maximum absolute atomic E-state index is 12.1. The van der Waals surface area contributed by atoms with E-state index in [0.717, 1.165) is 50.3 Å². The minimum Gasteiger partial charge on any atom is -0.487 e. The van der Waals surface area contributed by atoms with E-state index >= 15 is 0 Å². The zero-order chi connectivity index (χ0) is 24.8. The van der Waals surface area contributed by atoms with E-state index in [1.807, 2.05) is 59.9 Å². The first-order chi connectivity index (χ1) is 16.3. The molecule has 0 fully saturated rings. The summed E-state index contributed by atoms with van der Waals surface area (Å²) in [4.78, 5) is 25.9. The van der Waals surface area contributed by atoms with Gasteiger partial charge in [-0.15, -0.1) is 0 Å². The third-order valence-corrected chi connectivity index (χ3v) is 5.92. The van der Waals surface area contributed by atoms with E-state index in [0.29, 0.717) is 18.9 Å². The number of aromatic nitrogens is 2. The van der Waals surface area contributed by atoms with Crippen LogP contribution in [0.1, 0.15) is 55.8 Å². The first-order valence-corrected chi connectivity index (χ1v) is 11.6. The summed E-state index contributed by atoms with van der Waals surface area (Å²) in [6.45, 7) is 12.5. The highest BCUT2D eigenvalue weighted by atomic mass is 16.5. The summed E-state index contributed by atoms with van der Waals surface area (Å²) in [6, 6.07) is 10.0. The molecular formula is C28H34N4O2. The number of aliphatic imine (C=N–C) groups is 1. The molecule has 0 bridgehead atoms. The Morgan fingerprint density at radius 3 is 2.68 bits per heavy atom. The molecule has 1 aromatic carbocycles. The van der Waals surface area contributed by atoms with Crippen LogP contribution >= 0.6 is 0 Å². The second-order valence-corrected chi connectivity index (χ2v) is 8.72. The Morgan fingerprint density at radius 1 is 1.24 bits per heavy atom. The summed E-state index contributed by atoms with van der Waals surface area (Å²) in [7, 11) is 1.81. The van der Waals surface area contributed by atoms with Crippen LogP contribution in [0.4, 0.5) is 0 Å². The van der Waals surface area contributed by atoms with Crippen molar-refractivity contribution in [1.29, 1.82) is 0 Å². The Hall–Kier alpha value is -3.54. The Bertz CT molecular complexity index is 1260. The quantitative estimate of drug-likeness (QED) is 0.453. The third-order valence-electron chi connectivity index (χ3n) is 5.92. The fourth-order valence-electron chi connectivity index (χ4n) is 3.83. The number of benzene rings is 1. The van der Waals surface area contributed by atoms with Crippen molar-refractivity contribution in [3.8, 4) is 5.75 Å². The Kier molecular flexibility index (Phi) is 8.16. The molecule has 0 aliphatic rings. The molecule has 1 N–H and O–H groups in total. The molecule has 0 spiro atoms. The summed E-state index contributed by atoms with van der Waals surface area (Å²) in [6.07, 6.45) is 3.83. The number of carbonyl (C=O) groups excluding carboxylic acids is 1. The molecule has 0 unspecified atom stereocenters. The standard InChI is InChI=1S/C28H34N4O2/c1-8-18(4)26(29-7)22-14-20(6)32-27-21(22)10-9-11-25(27)34-16-23-19(5)12-13-30-24(23)15-31-28(33)17(2)3/h8-14,17H,15-16H2,1-7H3,(H,31,33)/b18-8-,29-26+. The molecule has 0 atom stereocenters. The Morgan fingerprint density at radius 2 is 2.00 bits per heavy atom. The topological polar surface area (TPSA) is 76.5 Å². The number of para-hydroxylation sites is 1. The van der Waals surface area contributed by atoms with E-state index in [2.05, 4.69) is 40.4 Å². The van der Waals surface area contributed by atoms with Gasteiger partial charge in [0.2, 0.25) is 5.91 Å². The van der Waals surface area contributed by atoms with Crippen LogP contribution in [0, 0.1) is 19.8 Å². The van der Waals surface area contributed by atoms with Crippen LogP contribution in [0.2, 0.25) is 0 Å². The van der Waals surface area contributed by atoms with Crippen molar-refractivity contribution in [2.24, 2.45) is 10.9 Å². The molecule has 3 aromatic rings. The smallest absolute Gasteiger partial charge is 0.222 e. The van der Waals surface area contributed by atoms with Gasteiger partial charge >= 0.3 is 0 Å². The molecule has 2 heterocycles. The lowest BCUT2D eigenvalue weighted by Crippen LogP contribution is -2.28. The van der Waals surface area contributed by atoms with Gasteiger partial charge < -0.3 is 10.1 Å². The number of ether oxygens (including phenoxy) is 1. The van der Waals surface area contributed by atoms with Gasteiger partial charge in [-0.1, -0.05) is 32.1 Å². The molecule has 0 saturated carbocycles. The van der Waals surface area contributed by atoms with Crippen molar-refractivity contribution in [2.45, 2.75) is 54.7 Å². The van der Waals surface area contributed by atoms with Crippen LogP contribution in [0.5, 0.6) is 5.75 Å². The number of hydrogen-bond donors (Lipinski definition) is 1. The number of allylic oxidation sites excluding steroid dienone is 2. The van der Waals surface area contributed by atoms with Crippen LogP contribution in [-0.2, 0) is 17.9 Å². The van der Waals surface area contributed by atoms with Crippen LogP contribution < -0.4 is 10.1 Å². The van der Waals surface area contributed by atoms with Crippen molar-refractivity contribution in [3.63, 3.8) is 0 Å². The molecule has 2 aromatic heterocycles. The second-order valence-electron chi connectivity index (χ2n) is 8.72. The van der Waals surface area contributed by atoms with Gasteiger partial charge in [0, 0.05) is 41.4 Å². The van der Waals surface area contributed by atoms with Gasteiger partial charge in [-0.2, -0.15) is 0 Å². The maximum Gasteiger partial charge on any atom is 0.222 e. The van der Waals surface area contributed by atoms with Crippen LogP contribution in [-0.4, -0.2) is 28.6 Å². The van der Waals surface area contributed by atoms with Gasteiger partial charge in [0.25, 0.3) is 0 Å². The molecule has 34 heavy (non-hydrogen) atoms. The second kappa shape index (κ2) is 11.1. The van der Waals surface area contributed by atoms with Gasteiger partial charge in [-0.3, -0.25) is 14.8 Å². The summed E-state index contributed by atoms with van der Waals surface area (Å²) in [5, 5.41) is 3.95. The summed E-state index contributed by atoms with van der Waals surface area (Å²) in [5.74, 6) is 0.629. The number of carbonyl (C=O) groups is 1. The molecule has 178 valence electrons. The lowest BCUT2D eigenvalue weighted by molar-refractivity contribution is -0.124. The number of amides is 1. The zero-order valence-corrected chi connectivity index (χ0v) is 21.2. The molecule has 6 nitrogen and oxygen atoms in total. The van der Waals surface area contributed by atoms with E-state index in [1.54, 1.807) is 6.20 Å². The minimum absolute atomic E-state index is 0.00115. The zero-order valence-electron chi connectivity index (χ0n) is 21.2. The van der Waals surface area contributed by atoms with Gasteiger partial charge in [-0.05, 0) is 57.0 Å². The number of fused-ring (bicyclic) bond motifs is 1. The number of hydrogen-bond acceptors (Lipinski definition) is 5. The molecule has 0 saturated heterocycles. The molecule has 1 amide bonds. The first kappa shape index (κ1) is 25.1. The average Bonchev–Trinajstić information content (AvgIpc) is 2.82. The lowest BCUT2D eigenvalue weighted by Gasteiger charge is -2.16. The van der Waals surface area contributed by atoms with E-state index in [4.69, 9.17) is 9.72 Å². The maximum atomic E-state index is 12.1. The molecule has 3 rings (SSSR count). The highest BCUT2D eigenvalue weighted by molar-refractivity contribution is 6.19. The number of aryl methyl sites for hydroxylation is 2. The minimum atomic E-state index is -0.0774. The van der Waals surface area contributed by atoms with Crippen molar-refractivity contribution < 1.29 is 9.53 Å². The summed E-state index contributed by atoms with van der Waals surface area (Å²) >= 11 is 0. The van der Waals surface area contributed by atoms with Crippen molar-refractivity contribution in [2.75, 3.05) is 7.05 Å². The van der Waals surface area contributed by atoms with Crippen molar-refractivity contribution in [3.05, 3.63) is 76.3 Å². The van der Waals surface area contributed by atoms with E-state index in [1.165, 1.54) is 0 Å². The molecule has 0 radical (unpaired) electrons. The SMILES string of the molecule is C/C=C(C)\C(=N/C)c1cc(C)nc2c(OCc3c(C)ccnc3CNC(=O)C(C)C)cccc12. The first-order valence-electron chi connectivity index (χ1n) is 11.6. The van der Waals surface area contributed by atoms with Gasteiger partial charge in [0.05, 0.1) is 18.0 Å². The van der Waals surface area contributed by atoms with Crippen molar-refractivity contribution in [1.82, 2.24) is 15.3 Å². The Labute approximate surface area is 202 Å². The van der Waals surface area contributed by atoms with Crippen LogP contribution in [0.15, 0.2) is 53.2 Å². The highest BCUT2D eigenvalue weighted by Gasteiger charge is 2.16. The number of nitrogens with zero attached hydrogens (tertiary/aromatic N) is 3. The monoisotopic (exact) mass is 458 g/mol. The fraction of sp³-hybridized carbons (Fsp3) is 0.357. The molecular weight excluding hydrogens is 424 g/mol. The van der Waals surface area contributed by atoms with E-state index < -0.39 is 0 Å². The average molecular weight is 459 g/mol. The predicted octanol–water partition coefficient (Wildman–Crippen LogP) is 5.48. The number of nitrogens with one attached hydrogen (secondary N) is 1. The molecule has 0 aliphatic carbocycles. The predicted molar refractivity (Wildman–Crippen MR) is 138 cm³/mol. The van der Waals surface area contributed by atoms with Crippen LogP contribution in [0.25, 0.3) is 10.9 Å².